The van der Waals surface area contributed by atoms with Gasteiger partial charge < -0.3 is 20.7 Å². The van der Waals surface area contributed by atoms with Gasteiger partial charge in [-0.05, 0) is 32.9 Å². The Hall–Kier alpha value is -2.01. The molecule has 1 aromatic heterocycles. The zero-order valence-electron chi connectivity index (χ0n) is 12.1. The van der Waals surface area contributed by atoms with Crippen molar-refractivity contribution < 1.29 is 9.90 Å². The van der Waals surface area contributed by atoms with Crippen LogP contribution in [0.5, 0.6) is 0 Å². The molecule has 0 atom stereocenters. The molecule has 0 aliphatic rings. The standard InChI is InChI=1S/C15H21N3O2/c1-4-18(9-15(2,3)20)14(19)12-8-10-6-5-7-11(16)13(10)17-12/h5-8,17,20H,4,9,16H2,1-3H3. The number of hydrogen-bond acceptors (Lipinski definition) is 3. The smallest absolute Gasteiger partial charge is 0.270 e. The molecular formula is C15H21N3O2. The molecule has 0 saturated heterocycles. The molecule has 108 valence electrons. The summed E-state index contributed by atoms with van der Waals surface area (Å²) in [7, 11) is 0. The number of nitrogens with one attached hydrogen (secondary N) is 1. The van der Waals surface area contributed by atoms with Crippen LogP contribution in [0.3, 0.4) is 0 Å². The largest absolute Gasteiger partial charge is 0.397 e. The van der Waals surface area contributed by atoms with Gasteiger partial charge in [0.25, 0.3) is 5.91 Å². The number of carbonyl (C=O) groups excluding carboxylic acids is 1. The number of aromatic amines is 1. The number of amides is 1. The first-order valence-electron chi connectivity index (χ1n) is 6.70. The summed E-state index contributed by atoms with van der Waals surface area (Å²) in [5, 5.41) is 10.8. The molecule has 5 heteroatoms. The minimum absolute atomic E-state index is 0.134. The Bertz CT molecular complexity index is 626. The molecule has 4 N–H and O–H groups in total. The normalized spacial score (nSPS) is 11.8. The number of nitrogens with two attached hydrogens (primary N) is 1. The molecule has 0 aliphatic heterocycles. The summed E-state index contributed by atoms with van der Waals surface area (Å²) in [6.45, 7) is 6.08. The molecule has 20 heavy (non-hydrogen) atoms. The van der Waals surface area contributed by atoms with Gasteiger partial charge >= 0.3 is 0 Å². The SMILES string of the molecule is CCN(CC(C)(C)O)C(=O)c1cc2cccc(N)c2[nH]1. The summed E-state index contributed by atoms with van der Waals surface area (Å²) in [6.07, 6.45) is 0. The monoisotopic (exact) mass is 275 g/mol. The number of aliphatic hydroxyl groups is 1. The Balaban J connectivity index is 2.32. The van der Waals surface area contributed by atoms with Crippen molar-refractivity contribution in [3.8, 4) is 0 Å². The van der Waals surface area contributed by atoms with E-state index in [1.807, 2.05) is 19.1 Å². The Kier molecular flexibility index (Phi) is 3.72. The average molecular weight is 275 g/mol. The molecule has 0 radical (unpaired) electrons. The molecule has 2 rings (SSSR count). The lowest BCUT2D eigenvalue weighted by molar-refractivity contribution is 0.0312. The number of nitrogen functional groups attached to an aromatic ring is 1. The first-order chi connectivity index (χ1) is 9.31. The minimum atomic E-state index is -0.920. The fourth-order valence-corrected chi connectivity index (χ4v) is 2.26. The molecule has 1 aromatic carbocycles. The Morgan fingerprint density at radius 2 is 2.15 bits per heavy atom. The third kappa shape index (κ3) is 2.93. The molecule has 2 aromatic rings. The van der Waals surface area contributed by atoms with E-state index in [9.17, 15) is 9.90 Å². The molecule has 1 amide bonds. The highest BCUT2D eigenvalue weighted by Gasteiger charge is 2.23. The summed E-state index contributed by atoms with van der Waals surface area (Å²) < 4.78 is 0. The van der Waals surface area contributed by atoms with E-state index in [1.54, 1.807) is 30.9 Å². The van der Waals surface area contributed by atoms with Crippen molar-refractivity contribution >= 4 is 22.5 Å². The van der Waals surface area contributed by atoms with E-state index in [4.69, 9.17) is 5.73 Å². The summed E-state index contributed by atoms with van der Waals surface area (Å²) >= 11 is 0. The number of anilines is 1. The maximum absolute atomic E-state index is 12.5. The molecule has 5 nitrogen and oxygen atoms in total. The van der Waals surface area contributed by atoms with Gasteiger partial charge in [0.2, 0.25) is 0 Å². The van der Waals surface area contributed by atoms with E-state index in [1.165, 1.54) is 0 Å². The van der Waals surface area contributed by atoms with Gasteiger partial charge in [-0.2, -0.15) is 0 Å². The Morgan fingerprint density at radius 1 is 1.45 bits per heavy atom. The quantitative estimate of drug-likeness (QED) is 0.746. The number of para-hydroxylation sites is 1. The van der Waals surface area contributed by atoms with Crippen molar-refractivity contribution in [3.63, 3.8) is 0 Å². The second-order valence-electron chi connectivity index (χ2n) is 5.63. The first-order valence-corrected chi connectivity index (χ1v) is 6.70. The van der Waals surface area contributed by atoms with Gasteiger partial charge in [0.05, 0.1) is 16.8 Å². The molecule has 1 heterocycles. The molecular weight excluding hydrogens is 254 g/mol. The number of aromatic nitrogens is 1. The summed E-state index contributed by atoms with van der Waals surface area (Å²) in [5.41, 5.74) is 6.84. The number of rotatable bonds is 4. The Morgan fingerprint density at radius 3 is 2.70 bits per heavy atom. The van der Waals surface area contributed by atoms with Gasteiger partial charge in [-0.1, -0.05) is 12.1 Å². The Labute approximate surface area is 118 Å². The van der Waals surface area contributed by atoms with Crippen LogP contribution in [0, 0.1) is 0 Å². The van der Waals surface area contributed by atoms with Crippen LogP contribution < -0.4 is 5.73 Å². The van der Waals surface area contributed by atoms with Crippen LogP contribution in [0.25, 0.3) is 10.9 Å². The number of likely N-dealkylation sites (N-methyl/N-ethyl adjacent to an activating group) is 1. The molecule has 0 aliphatic carbocycles. The predicted molar refractivity (Wildman–Crippen MR) is 80.6 cm³/mol. The second-order valence-corrected chi connectivity index (χ2v) is 5.63. The van der Waals surface area contributed by atoms with Crippen molar-refractivity contribution in [2.24, 2.45) is 0 Å². The van der Waals surface area contributed by atoms with Crippen molar-refractivity contribution in [1.29, 1.82) is 0 Å². The average Bonchev–Trinajstić information content (AvgIpc) is 2.79. The minimum Gasteiger partial charge on any atom is -0.397 e. The van der Waals surface area contributed by atoms with Gasteiger partial charge in [0, 0.05) is 18.5 Å². The van der Waals surface area contributed by atoms with Crippen LogP contribution in [-0.2, 0) is 0 Å². The van der Waals surface area contributed by atoms with E-state index in [-0.39, 0.29) is 12.5 Å². The van der Waals surface area contributed by atoms with E-state index in [0.717, 1.165) is 10.9 Å². The van der Waals surface area contributed by atoms with E-state index >= 15 is 0 Å². The van der Waals surface area contributed by atoms with Gasteiger partial charge in [0.1, 0.15) is 5.69 Å². The van der Waals surface area contributed by atoms with E-state index in [0.29, 0.717) is 17.9 Å². The number of H-pyrrole nitrogens is 1. The van der Waals surface area contributed by atoms with Crippen LogP contribution in [0.4, 0.5) is 5.69 Å². The number of benzene rings is 1. The summed E-state index contributed by atoms with van der Waals surface area (Å²) in [4.78, 5) is 17.2. The van der Waals surface area contributed by atoms with Crippen molar-refractivity contribution in [1.82, 2.24) is 9.88 Å². The van der Waals surface area contributed by atoms with E-state index < -0.39 is 5.60 Å². The zero-order chi connectivity index (χ0) is 14.9. The molecule has 0 bridgehead atoms. The number of carbonyl (C=O) groups is 1. The van der Waals surface area contributed by atoms with Crippen LogP contribution in [-0.4, -0.2) is 39.6 Å². The van der Waals surface area contributed by atoms with Crippen LogP contribution in [0.2, 0.25) is 0 Å². The number of hydrogen-bond donors (Lipinski definition) is 3. The lowest BCUT2D eigenvalue weighted by Gasteiger charge is -2.27. The molecule has 0 fully saturated rings. The number of fused-ring (bicyclic) bond motifs is 1. The third-order valence-electron chi connectivity index (χ3n) is 3.17. The second kappa shape index (κ2) is 5.17. The third-order valence-corrected chi connectivity index (χ3v) is 3.17. The summed E-state index contributed by atoms with van der Waals surface area (Å²) in [6, 6.07) is 7.35. The zero-order valence-corrected chi connectivity index (χ0v) is 12.1. The van der Waals surface area contributed by atoms with Gasteiger partial charge in [-0.3, -0.25) is 4.79 Å². The highest BCUT2D eigenvalue weighted by molar-refractivity contribution is 6.00. The molecule has 0 unspecified atom stereocenters. The van der Waals surface area contributed by atoms with Crippen LogP contribution in [0.1, 0.15) is 31.3 Å². The topological polar surface area (TPSA) is 82.3 Å². The van der Waals surface area contributed by atoms with Crippen LogP contribution >= 0.6 is 0 Å². The van der Waals surface area contributed by atoms with Gasteiger partial charge in [0.15, 0.2) is 0 Å². The first kappa shape index (κ1) is 14.4. The highest BCUT2D eigenvalue weighted by Crippen LogP contribution is 2.22. The lowest BCUT2D eigenvalue weighted by atomic mass is 10.1. The van der Waals surface area contributed by atoms with Crippen molar-refractivity contribution in [2.75, 3.05) is 18.8 Å². The maximum atomic E-state index is 12.5. The fourth-order valence-electron chi connectivity index (χ4n) is 2.26. The predicted octanol–water partition coefficient (Wildman–Crippen LogP) is 1.98. The number of nitrogens with zero attached hydrogens (tertiary/aromatic N) is 1. The van der Waals surface area contributed by atoms with Crippen molar-refractivity contribution in [3.05, 3.63) is 30.0 Å². The molecule has 0 saturated carbocycles. The van der Waals surface area contributed by atoms with Gasteiger partial charge in [-0.25, -0.2) is 0 Å². The lowest BCUT2D eigenvalue weighted by Crippen LogP contribution is -2.42. The van der Waals surface area contributed by atoms with Crippen LogP contribution in [0.15, 0.2) is 24.3 Å². The summed E-state index contributed by atoms with van der Waals surface area (Å²) in [5.74, 6) is -0.134. The maximum Gasteiger partial charge on any atom is 0.270 e. The fraction of sp³-hybridized carbons (Fsp3) is 0.400. The molecule has 0 spiro atoms. The van der Waals surface area contributed by atoms with Crippen molar-refractivity contribution in [2.45, 2.75) is 26.4 Å². The van der Waals surface area contributed by atoms with Gasteiger partial charge in [-0.15, -0.1) is 0 Å². The highest BCUT2D eigenvalue weighted by atomic mass is 16.3. The van der Waals surface area contributed by atoms with E-state index in [2.05, 4.69) is 4.98 Å².